The van der Waals surface area contributed by atoms with Gasteiger partial charge in [-0.2, -0.15) is 0 Å². The van der Waals surface area contributed by atoms with Gasteiger partial charge >= 0.3 is 0 Å². The molecule has 1 aliphatic carbocycles. The van der Waals surface area contributed by atoms with Crippen LogP contribution in [0.3, 0.4) is 0 Å². The zero-order valence-electron chi connectivity index (χ0n) is 11.8. The van der Waals surface area contributed by atoms with Crippen LogP contribution in [0.15, 0.2) is 30.5 Å². The fourth-order valence-corrected chi connectivity index (χ4v) is 3.45. The van der Waals surface area contributed by atoms with Crippen LogP contribution in [0.2, 0.25) is 0 Å². The maximum absolute atomic E-state index is 5.96. The third kappa shape index (κ3) is 2.55. The Morgan fingerprint density at radius 3 is 2.74 bits per heavy atom. The third-order valence-electron chi connectivity index (χ3n) is 4.36. The lowest BCUT2D eigenvalue weighted by Crippen LogP contribution is -2.17. The molecule has 1 atom stereocenters. The van der Waals surface area contributed by atoms with Crippen LogP contribution in [-0.2, 0) is 6.42 Å². The molecule has 2 nitrogen and oxygen atoms in total. The predicted molar refractivity (Wildman–Crippen MR) is 81.4 cm³/mol. The Kier molecular flexibility index (Phi) is 3.61. The molecule has 1 aromatic heterocycles. The summed E-state index contributed by atoms with van der Waals surface area (Å²) in [7, 11) is 0. The highest BCUT2D eigenvalue weighted by Crippen LogP contribution is 2.32. The van der Waals surface area contributed by atoms with Gasteiger partial charge in [-0.15, -0.1) is 0 Å². The molecule has 2 aromatic rings. The van der Waals surface area contributed by atoms with Gasteiger partial charge in [0.2, 0.25) is 0 Å². The van der Waals surface area contributed by atoms with Crippen molar-refractivity contribution in [3.8, 4) is 0 Å². The normalized spacial score (nSPS) is 18.8. The Morgan fingerprint density at radius 1 is 1.21 bits per heavy atom. The number of nitrogens with zero attached hydrogens (tertiary/aromatic N) is 1. The zero-order chi connectivity index (χ0) is 13.2. The third-order valence-corrected chi connectivity index (χ3v) is 4.36. The van der Waals surface area contributed by atoms with Crippen molar-refractivity contribution in [1.29, 1.82) is 0 Å². The van der Waals surface area contributed by atoms with Crippen molar-refractivity contribution in [3.05, 3.63) is 36.0 Å². The number of hydrogen-bond donors (Lipinski definition) is 1. The van der Waals surface area contributed by atoms with Crippen LogP contribution < -0.4 is 5.73 Å². The van der Waals surface area contributed by atoms with Gasteiger partial charge in [0.25, 0.3) is 0 Å². The van der Waals surface area contributed by atoms with E-state index < -0.39 is 0 Å². The van der Waals surface area contributed by atoms with Gasteiger partial charge in [0.1, 0.15) is 0 Å². The van der Waals surface area contributed by atoms with Crippen molar-refractivity contribution < 1.29 is 0 Å². The van der Waals surface area contributed by atoms with E-state index in [1.54, 1.807) is 0 Å². The van der Waals surface area contributed by atoms with Gasteiger partial charge in [0.15, 0.2) is 0 Å². The number of benzene rings is 1. The van der Waals surface area contributed by atoms with Crippen LogP contribution in [0.5, 0.6) is 0 Å². The molecule has 1 saturated carbocycles. The highest BCUT2D eigenvalue weighted by Gasteiger charge is 2.17. The maximum atomic E-state index is 5.96. The summed E-state index contributed by atoms with van der Waals surface area (Å²) in [5.41, 5.74) is 8.74. The summed E-state index contributed by atoms with van der Waals surface area (Å²) in [6.45, 7) is 2.08. The Bertz CT molecular complexity index is 547. The first kappa shape index (κ1) is 12.7. The SMILES string of the molecule is CC(N)Cc1cccc2c1ccn2C1CCCCC1. The molecule has 1 fully saturated rings. The van der Waals surface area contributed by atoms with Crippen LogP contribution >= 0.6 is 0 Å². The second-order valence-corrected chi connectivity index (χ2v) is 6.05. The molecule has 3 rings (SSSR count). The topological polar surface area (TPSA) is 30.9 Å². The molecule has 19 heavy (non-hydrogen) atoms. The summed E-state index contributed by atoms with van der Waals surface area (Å²) in [5, 5.41) is 1.39. The molecule has 102 valence electrons. The Hall–Kier alpha value is -1.28. The molecule has 1 unspecified atom stereocenters. The molecule has 0 saturated heterocycles. The number of hydrogen-bond acceptors (Lipinski definition) is 1. The van der Waals surface area contributed by atoms with Gasteiger partial charge in [0.05, 0.1) is 0 Å². The van der Waals surface area contributed by atoms with E-state index in [1.165, 1.54) is 48.6 Å². The minimum Gasteiger partial charge on any atom is -0.344 e. The molecule has 1 aliphatic rings. The average molecular weight is 256 g/mol. The van der Waals surface area contributed by atoms with Crippen molar-refractivity contribution in [2.24, 2.45) is 5.73 Å². The molecule has 1 aromatic carbocycles. The largest absolute Gasteiger partial charge is 0.344 e. The molecule has 2 N–H and O–H groups in total. The van der Waals surface area contributed by atoms with Gasteiger partial charge in [-0.25, -0.2) is 0 Å². The first-order valence-corrected chi connectivity index (χ1v) is 7.60. The molecular formula is C17H24N2. The maximum Gasteiger partial charge on any atom is 0.0485 e. The van der Waals surface area contributed by atoms with Crippen molar-refractivity contribution in [2.45, 2.75) is 57.5 Å². The smallest absolute Gasteiger partial charge is 0.0485 e. The first-order chi connectivity index (χ1) is 9.25. The van der Waals surface area contributed by atoms with Crippen molar-refractivity contribution in [1.82, 2.24) is 4.57 Å². The second kappa shape index (κ2) is 5.38. The molecule has 0 bridgehead atoms. The van der Waals surface area contributed by atoms with E-state index in [9.17, 15) is 0 Å². The summed E-state index contributed by atoms with van der Waals surface area (Å²) in [6, 6.07) is 9.87. The van der Waals surface area contributed by atoms with Gasteiger partial charge in [-0.3, -0.25) is 0 Å². The number of rotatable bonds is 3. The van der Waals surface area contributed by atoms with Crippen LogP contribution in [0.4, 0.5) is 0 Å². The van der Waals surface area contributed by atoms with E-state index >= 15 is 0 Å². The zero-order valence-corrected chi connectivity index (χ0v) is 11.8. The van der Waals surface area contributed by atoms with Gasteiger partial charge in [0, 0.05) is 29.2 Å². The molecule has 0 aliphatic heterocycles. The number of fused-ring (bicyclic) bond motifs is 1. The molecule has 0 amide bonds. The highest BCUT2D eigenvalue weighted by molar-refractivity contribution is 5.84. The van der Waals surface area contributed by atoms with Crippen molar-refractivity contribution in [2.75, 3.05) is 0 Å². The lowest BCUT2D eigenvalue weighted by Gasteiger charge is -2.24. The molecule has 1 heterocycles. The minimum absolute atomic E-state index is 0.226. The first-order valence-electron chi connectivity index (χ1n) is 7.60. The lowest BCUT2D eigenvalue weighted by molar-refractivity contribution is 0.361. The van der Waals surface area contributed by atoms with E-state index in [-0.39, 0.29) is 6.04 Å². The van der Waals surface area contributed by atoms with Gasteiger partial charge in [-0.1, -0.05) is 31.4 Å². The quantitative estimate of drug-likeness (QED) is 0.883. The van der Waals surface area contributed by atoms with E-state index in [4.69, 9.17) is 5.73 Å². The summed E-state index contributed by atoms with van der Waals surface area (Å²) in [4.78, 5) is 0. The summed E-state index contributed by atoms with van der Waals surface area (Å²) < 4.78 is 2.50. The van der Waals surface area contributed by atoms with E-state index in [1.807, 2.05) is 0 Å². The summed E-state index contributed by atoms with van der Waals surface area (Å²) >= 11 is 0. The van der Waals surface area contributed by atoms with Gasteiger partial charge < -0.3 is 10.3 Å². The minimum atomic E-state index is 0.226. The Labute approximate surface area is 115 Å². The van der Waals surface area contributed by atoms with Crippen molar-refractivity contribution >= 4 is 10.9 Å². The van der Waals surface area contributed by atoms with Crippen LogP contribution in [0, 0.1) is 0 Å². The van der Waals surface area contributed by atoms with Crippen LogP contribution in [0.25, 0.3) is 10.9 Å². The fourth-order valence-electron chi connectivity index (χ4n) is 3.45. The Morgan fingerprint density at radius 2 is 2.00 bits per heavy atom. The van der Waals surface area contributed by atoms with E-state index in [0.717, 1.165) is 6.42 Å². The molecule has 0 spiro atoms. The fraction of sp³-hybridized carbons (Fsp3) is 0.529. The number of aromatic nitrogens is 1. The monoisotopic (exact) mass is 256 g/mol. The molecule has 2 heteroatoms. The standard InChI is InChI=1S/C17H24N2/c1-13(18)12-14-6-5-9-17-16(14)10-11-19(17)15-7-3-2-4-8-15/h5-6,9-11,13,15H,2-4,7-8,12,18H2,1H3. The second-order valence-electron chi connectivity index (χ2n) is 6.05. The van der Waals surface area contributed by atoms with Crippen molar-refractivity contribution in [3.63, 3.8) is 0 Å². The predicted octanol–water partition coefficient (Wildman–Crippen LogP) is 4.04. The summed E-state index contributed by atoms with van der Waals surface area (Å²) in [5.74, 6) is 0. The molecule has 0 radical (unpaired) electrons. The summed E-state index contributed by atoms with van der Waals surface area (Å²) in [6.07, 6.45) is 10.1. The van der Waals surface area contributed by atoms with Gasteiger partial charge in [-0.05, 0) is 43.9 Å². The van der Waals surface area contributed by atoms with E-state index in [0.29, 0.717) is 6.04 Å². The van der Waals surface area contributed by atoms with Crippen LogP contribution in [-0.4, -0.2) is 10.6 Å². The highest BCUT2D eigenvalue weighted by atomic mass is 15.0. The molecular weight excluding hydrogens is 232 g/mol. The number of nitrogens with two attached hydrogens (primary N) is 1. The average Bonchev–Trinajstić information content (AvgIpc) is 2.84. The lowest BCUT2D eigenvalue weighted by atomic mass is 9.95. The Balaban J connectivity index is 1.98. The van der Waals surface area contributed by atoms with Crippen LogP contribution in [0.1, 0.15) is 50.6 Å². The van der Waals surface area contributed by atoms with E-state index in [2.05, 4.69) is 42.0 Å².